The predicted octanol–water partition coefficient (Wildman–Crippen LogP) is 1.12. The molecular weight excluding hydrogens is 259 g/mol. The van der Waals surface area contributed by atoms with Crippen LogP contribution in [0.2, 0.25) is 0 Å². The van der Waals surface area contributed by atoms with E-state index in [0.717, 1.165) is 0 Å². The van der Waals surface area contributed by atoms with E-state index >= 15 is 0 Å². The summed E-state index contributed by atoms with van der Waals surface area (Å²) >= 11 is 0. The number of anilines is 1. The minimum Gasteiger partial charge on any atom is -0.321 e. The Morgan fingerprint density at radius 1 is 1.55 bits per heavy atom. The lowest BCUT2D eigenvalue weighted by molar-refractivity contribution is 0.102. The summed E-state index contributed by atoms with van der Waals surface area (Å²) in [4.78, 5) is 12.0. The minimum atomic E-state index is -0.425. The zero-order chi connectivity index (χ0) is 14.5. The molecule has 3 N–H and O–H groups in total. The van der Waals surface area contributed by atoms with Crippen LogP contribution >= 0.6 is 0 Å². The maximum absolute atomic E-state index is 13.2. The second kappa shape index (κ2) is 5.99. The van der Waals surface area contributed by atoms with Crippen molar-refractivity contribution in [1.82, 2.24) is 9.78 Å². The Balaban J connectivity index is 2.26. The fourth-order valence-electron chi connectivity index (χ4n) is 1.61. The van der Waals surface area contributed by atoms with Crippen LogP contribution in [-0.4, -0.2) is 22.2 Å². The molecule has 0 unspecified atom stereocenters. The largest absolute Gasteiger partial charge is 0.321 e. The Hall–Kier alpha value is -2.65. The van der Waals surface area contributed by atoms with Crippen LogP contribution in [0.15, 0.2) is 30.6 Å². The number of benzene rings is 1. The van der Waals surface area contributed by atoms with Crippen molar-refractivity contribution in [2.45, 2.75) is 0 Å². The monoisotopic (exact) mass is 272 g/mol. The third-order valence-corrected chi connectivity index (χ3v) is 2.52. The molecule has 20 heavy (non-hydrogen) atoms. The maximum Gasteiger partial charge on any atom is 0.258 e. The predicted molar refractivity (Wildman–Crippen MR) is 73.5 cm³/mol. The van der Waals surface area contributed by atoms with Gasteiger partial charge in [-0.2, -0.15) is 5.10 Å². The molecule has 0 saturated carbocycles. The molecule has 2 rings (SSSR count). The number of carbonyl (C=O) groups is 1. The number of nitrogens with two attached hydrogens (primary N) is 1. The lowest BCUT2D eigenvalue weighted by Crippen LogP contribution is -2.12. The van der Waals surface area contributed by atoms with Gasteiger partial charge in [0.15, 0.2) is 0 Å². The SMILES string of the molecule is Cn1cc(C(=O)Nc2ccc(F)cc2C#CCN)cn1. The lowest BCUT2D eigenvalue weighted by Gasteiger charge is -2.06. The van der Waals surface area contributed by atoms with Crippen molar-refractivity contribution in [3.05, 3.63) is 47.5 Å². The molecule has 102 valence electrons. The molecule has 0 aliphatic rings. The van der Waals surface area contributed by atoms with E-state index in [1.165, 1.54) is 29.1 Å². The van der Waals surface area contributed by atoms with Crippen LogP contribution in [0.25, 0.3) is 0 Å². The van der Waals surface area contributed by atoms with Gasteiger partial charge in [0.1, 0.15) is 5.82 Å². The van der Waals surface area contributed by atoms with Gasteiger partial charge < -0.3 is 11.1 Å². The van der Waals surface area contributed by atoms with E-state index in [0.29, 0.717) is 16.8 Å². The van der Waals surface area contributed by atoms with Crippen molar-refractivity contribution in [2.24, 2.45) is 12.8 Å². The summed E-state index contributed by atoms with van der Waals surface area (Å²) < 4.78 is 14.7. The highest BCUT2D eigenvalue weighted by atomic mass is 19.1. The van der Waals surface area contributed by atoms with Crippen LogP contribution < -0.4 is 11.1 Å². The van der Waals surface area contributed by atoms with Crippen LogP contribution in [0, 0.1) is 17.7 Å². The number of nitrogens with zero attached hydrogens (tertiary/aromatic N) is 2. The van der Waals surface area contributed by atoms with Crippen molar-refractivity contribution in [2.75, 3.05) is 11.9 Å². The maximum atomic E-state index is 13.2. The summed E-state index contributed by atoms with van der Waals surface area (Å²) in [5.41, 5.74) is 6.52. The van der Waals surface area contributed by atoms with E-state index in [4.69, 9.17) is 5.73 Å². The molecule has 5 nitrogen and oxygen atoms in total. The summed E-state index contributed by atoms with van der Waals surface area (Å²) in [5, 5.41) is 6.59. The van der Waals surface area contributed by atoms with E-state index in [-0.39, 0.29) is 12.5 Å². The molecule has 1 aromatic heterocycles. The van der Waals surface area contributed by atoms with Gasteiger partial charge in [-0.1, -0.05) is 11.8 Å². The molecule has 1 amide bonds. The number of carbonyl (C=O) groups excluding carboxylic acids is 1. The first-order chi connectivity index (χ1) is 9.60. The Morgan fingerprint density at radius 2 is 2.35 bits per heavy atom. The summed E-state index contributed by atoms with van der Waals surface area (Å²) in [7, 11) is 1.72. The van der Waals surface area contributed by atoms with E-state index in [9.17, 15) is 9.18 Å². The van der Waals surface area contributed by atoms with Gasteiger partial charge in [-0.25, -0.2) is 4.39 Å². The molecule has 1 heterocycles. The molecule has 0 spiro atoms. The Morgan fingerprint density at radius 3 is 3.00 bits per heavy atom. The first-order valence-corrected chi connectivity index (χ1v) is 5.88. The van der Waals surface area contributed by atoms with Gasteiger partial charge in [0.05, 0.1) is 29.6 Å². The van der Waals surface area contributed by atoms with Gasteiger partial charge in [-0.3, -0.25) is 9.48 Å². The number of rotatable bonds is 2. The normalized spacial score (nSPS) is 9.75. The first kappa shape index (κ1) is 13.8. The molecule has 6 heteroatoms. The molecule has 0 atom stereocenters. The number of hydrogen-bond acceptors (Lipinski definition) is 3. The van der Waals surface area contributed by atoms with Gasteiger partial charge >= 0.3 is 0 Å². The fraction of sp³-hybridized carbons (Fsp3) is 0.143. The van der Waals surface area contributed by atoms with Crippen LogP contribution in [0.1, 0.15) is 15.9 Å². The van der Waals surface area contributed by atoms with Gasteiger partial charge in [0, 0.05) is 13.2 Å². The third-order valence-electron chi connectivity index (χ3n) is 2.52. The lowest BCUT2D eigenvalue weighted by atomic mass is 10.1. The van der Waals surface area contributed by atoms with Gasteiger partial charge in [-0.15, -0.1) is 0 Å². The number of halogens is 1. The van der Waals surface area contributed by atoms with E-state index in [1.807, 2.05) is 0 Å². The van der Waals surface area contributed by atoms with E-state index in [2.05, 4.69) is 22.3 Å². The summed E-state index contributed by atoms with van der Waals surface area (Å²) in [6.07, 6.45) is 3.04. The average molecular weight is 272 g/mol. The molecule has 2 aromatic rings. The van der Waals surface area contributed by atoms with Gasteiger partial charge in [-0.05, 0) is 18.2 Å². The average Bonchev–Trinajstić information content (AvgIpc) is 2.85. The fourth-order valence-corrected chi connectivity index (χ4v) is 1.61. The highest BCUT2D eigenvalue weighted by molar-refractivity contribution is 6.04. The number of nitrogens with one attached hydrogen (secondary N) is 1. The molecule has 0 saturated heterocycles. The molecule has 0 radical (unpaired) electrons. The summed E-state index contributed by atoms with van der Waals surface area (Å²) in [6, 6.07) is 3.97. The topological polar surface area (TPSA) is 72.9 Å². The third kappa shape index (κ3) is 3.22. The Bertz CT molecular complexity index is 697. The van der Waals surface area contributed by atoms with Crippen molar-refractivity contribution in [3.8, 4) is 11.8 Å². The number of amides is 1. The summed E-state index contributed by atoms with van der Waals surface area (Å²) in [6.45, 7) is 0.159. The molecule has 0 fully saturated rings. The number of aromatic nitrogens is 2. The van der Waals surface area contributed by atoms with Crippen LogP contribution in [-0.2, 0) is 7.05 Å². The quantitative estimate of drug-likeness (QED) is 0.805. The highest BCUT2D eigenvalue weighted by Gasteiger charge is 2.10. The molecule has 0 aliphatic heterocycles. The number of hydrogen-bond donors (Lipinski definition) is 2. The Kier molecular flexibility index (Phi) is 4.13. The van der Waals surface area contributed by atoms with Crippen molar-refractivity contribution < 1.29 is 9.18 Å². The van der Waals surface area contributed by atoms with Gasteiger partial charge in [0.25, 0.3) is 5.91 Å². The van der Waals surface area contributed by atoms with Crippen molar-refractivity contribution >= 4 is 11.6 Å². The van der Waals surface area contributed by atoms with E-state index in [1.54, 1.807) is 13.2 Å². The highest BCUT2D eigenvalue weighted by Crippen LogP contribution is 2.17. The van der Waals surface area contributed by atoms with Crippen LogP contribution in [0.4, 0.5) is 10.1 Å². The second-order valence-electron chi connectivity index (χ2n) is 4.05. The molecular formula is C14H13FN4O. The minimum absolute atomic E-state index is 0.159. The second-order valence-corrected chi connectivity index (χ2v) is 4.05. The first-order valence-electron chi connectivity index (χ1n) is 5.88. The van der Waals surface area contributed by atoms with Crippen LogP contribution in [0.3, 0.4) is 0 Å². The molecule has 1 aromatic carbocycles. The number of aryl methyl sites for hydroxylation is 1. The van der Waals surface area contributed by atoms with Crippen molar-refractivity contribution in [3.63, 3.8) is 0 Å². The van der Waals surface area contributed by atoms with Crippen molar-refractivity contribution in [1.29, 1.82) is 0 Å². The molecule has 0 bridgehead atoms. The van der Waals surface area contributed by atoms with Gasteiger partial charge in [0.2, 0.25) is 0 Å². The Labute approximate surface area is 115 Å². The zero-order valence-electron chi connectivity index (χ0n) is 10.9. The van der Waals surface area contributed by atoms with E-state index < -0.39 is 5.82 Å². The summed E-state index contributed by atoms with van der Waals surface area (Å²) in [5.74, 6) is 4.60. The molecule has 0 aliphatic carbocycles. The standard InChI is InChI=1S/C14H13FN4O/c1-19-9-11(8-17-19)14(20)18-13-5-4-12(15)7-10(13)3-2-6-16/h4-5,7-9H,6,16H2,1H3,(H,18,20). The van der Waals surface area contributed by atoms with Crippen LogP contribution in [0.5, 0.6) is 0 Å². The zero-order valence-corrected chi connectivity index (χ0v) is 10.9. The smallest absolute Gasteiger partial charge is 0.258 e.